The van der Waals surface area contributed by atoms with Crippen LogP contribution in [0.1, 0.15) is 5.56 Å². The number of nitrogens with zero attached hydrogens (tertiary/aromatic N) is 3. The van der Waals surface area contributed by atoms with Crippen LogP contribution >= 0.6 is 0 Å². The molecule has 0 saturated heterocycles. The van der Waals surface area contributed by atoms with Gasteiger partial charge < -0.3 is 4.42 Å². The van der Waals surface area contributed by atoms with E-state index < -0.39 is 5.63 Å². The van der Waals surface area contributed by atoms with Gasteiger partial charge in [-0.3, -0.25) is 0 Å². The van der Waals surface area contributed by atoms with Gasteiger partial charge in [-0.05, 0) is 6.92 Å². The van der Waals surface area contributed by atoms with Gasteiger partial charge in [0.05, 0.1) is 6.20 Å². The first-order valence-electron chi connectivity index (χ1n) is 3.35. The molecular formula is C7H5N3O2. The van der Waals surface area contributed by atoms with E-state index in [-0.39, 0.29) is 0 Å². The Morgan fingerprint density at radius 1 is 1.42 bits per heavy atom. The summed E-state index contributed by atoms with van der Waals surface area (Å²) in [4.78, 5) is 14.5. The molecule has 2 rings (SSSR count). The monoisotopic (exact) mass is 163 g/mol. The summed E-state index contributed by atoms with van der Waals surface area (Å²) < 4.78 is 4.87. The summed E-state index contributed by atoms with van der Waals surface area (Å²) >= 11 is 0. The molecule has 2 heterocycles. The average molecular weight is 163 g/mol. The smallest absolute Gasteiger partial charge is 0.355 e. The molecule has 2 aromatic heterocycles. The van der Waals surface area contributed by atoms with Crippen molar-refractivity contribution >= 4 is 11.2 Å². The SMILES string of the molecule is Cc1cnnc2ncc(=O)oc12. The van der Waals surface area contributed by atoms with Crippen molar-refractivity contribution in [3.63, 3.8) is 0 Å². The highest BCUT2D eigenvalue weighted by Gasteiger charge is 2.02. The van der Waals surface area contributed by atoms with E-state index in [2.05, 4.69) is 15.2 Å². The minimum atomic E-state index is -0.474. The van der Waals surface area contributed by atoms with Crippen molar-refractivity contribution in [3.05, 3.63) is 28.4 Å². The third kappa shape index (κ3) is 0.952. The zero-order valence-corrected chi connectivity index (χ0v) is 6.31. The lowest BCUT2D eigenvalue weighted by Gasteiger charge is -1.94. The van der Waals surface area contributed by atoms with Crippen LogP contribution in [0.5, 0.6) is 0 Å². The maximum absolute atomic E-state index is 10.8. The summed E-state index contributed by atoms with van der Waals surface area (Å²) in [6.45, 7) is 1.78. The lowest BCUT2D eigenvalue weighted by molar-refractivity contribution is 0.549. The first-order chi connectivity index (χ1) is 5.77. The Hall–Kier alpha value is -1.78. The Morgan fingerprint density at radius 2 is 2.25 bits per heavy atom. The van der Waals surface area contributed by atoms with E-state index in [4.69, 9.17) is 4.42 Å². The fourth-order valence-electron chi connectivity index (χ4n) is 0.902. The van der Waals surface area contributed by atoms with Gasteiger partial charge in [-0.2, -0.15) is 5.10 Å². The summed E-state index contributed by atoms with van der Waals surface area (Å²) in [5.41, 5.74) is 1.04. The van der Waals surface area contributed by atoms with E-state index in [1.807, 2.05) is 0 Å². The summed E-state index contributed by atoms with van der Waals surface area (Å²) in [5, 5.41) is 7.36. The normalized spacial score (nSPS) is 10.4. The minimum Gasteiger partial charge on any atom is -0.418 e. The van der Waals surface area contributed by atoms with E-state index in [0.717, 1.165) is 11.8 Å². The largest absolute Gasteiger partial charge is 0.418 e. The predicted octanol–water partition coefficient (Wildman–Crippen LogP) is 0.286. The minimum absolute atomic E-state index is 0.356. The van der Waals surface area contributed by atoms with Crippen LogP contribution in [0.4, 0.5) is 0 Å². The number of rotatable bonds is 0. The van der Waals surface area contributed by atoms with Crippen molar-refractivity contribution in [1.29, 1.82) is 0 Å². The van der Waals surface area contributed by atoms with Crippen molar-refractivity contribution in [2.24, 2.45) is 0 Å². The molecule has 0 aliphatic rings. The lowest BCUT2D eigenvalue weighted by Crippen LogP contribution is -2.00. The topological polar surface area (TPSA) is 68.9 Å². The van der Waals surface area contributed by atoms with Crippen molar-refractivity contribution in [3.8, 4) is 0 Å². The predicted molar refractivity (Wildman–Crippen MR) is 40.6 cm³/mol. The molecule has 0 fully saturated rings. The van der Waals surface area contributed by atoms with Crippen molar-refractivity contribution in [2.45, 2.75) is 6.92 Å². The highest BCUT2D eigenvalue weighted by atomic mass is 16.4. The molecule has 0 radical (unpaired) electrons. The molecule has 0 saturated carbocycles. The average Bonchev–Trinajstić information content (AvgIpc) is 2.07. The molecule has 0 unspecified atom stereocenters. The van der Waals surface area contributed by atoms with E-state index >= 15 is 0 Å². The first-order valence-corrected chi connectivity index (χ1v) is 3.35. The highest BCUT2D eigenvalue weighted by Crippen LogP contribution is 2.08. The molecule has 0 N–H and O–H groups in total. The lowest BCUT2D eigenvalue weighted by atomic mass is 10.3. The highest BCUT2D eigenvalue weighted by molar-refractivity contribution is 5.69. The van der Waals surface area contributed by atoms with Gasteiger partial charge in [0.1, 0.15) is 6.20 Å². The summed E-state index contributed by atoms with van der Waals surface area (Å²) in [6.07, 6.45) is 2.60. The summed E-state index contributed by atoms with van der Waals surface area (Å²) in [5.74, 6) is 0. The molecule has 0 atom stereocenters. The second kappa shape index (κ2) is 2.37. The molecule has 0 aliphatic carbocycles. The fraction of sp³-hybridized carbons (Fsp3) is 0.143. The standard InChI is InChI=1S/C7H5N3O2/c1-4-2-9-10-7-6(4)12-5(11)3-8-7/h2-3H,1H3. The van der Waals surface area contributed by atoms with Gasteiger partial charge >= 0.3 is 5.63 Å². The quantitative estimate of drug-likeness (QED) is 0.558. The molecule has 5 heteroatoms. The van der Waals surface area contributed by atoms with Crippen molar-refractivity contribution in [1.82, 2.24) is 15.2 Å². The Bertz CT molecular complexity index is 477. The van der Waals surface area contributed by atoms with E-state index in [0.29, 0.717) is 11.2 Å². The Balaban J connectivity index is 2.97. The van der Waals surface area contributed by atoms with Crippen LogP contribution in [-0.2, 0) is 0 Å². The number of aromatic nitrogens is 3. The van der Waals surface area contributed by atoms with E-state index in [1.54, 1.807) is 6.92 Å². The van der Waals surface area contributed by atoms with Crippen LogP contribution in [-0.4, -0.2) is 15.2 Å². The second-order valence-corrected chi connectivity index (χ2v) is 2.36. The van der Waals surface area contributed by atoms with Gasteiger partial charge in [-0.1, -0.05) is 0 Å². The maximum atomic E-state index is 10.8. The van der Waals surface area contributed by atoms with Crippen molar-refractivity contribution in [2.75, 3.05) is 0 Å². The van der Waals surface area contributed by atoms with Crippen LogP contribution in [0.25, 0.3) is 11.2 Å². The van der Waals surface area contributed by atoms with Crippen LogP contribution < -0.4 is 5.63 Å². The molecule has 60 valence electrons. The van der Waals surface area contributed by atoms with Crippen LogP contribution in [0.2, 0.25) is 0 Å². The van der Waals surface area contributed by atoms with Gasteiger partial charge in [-0.25, -0.2) is 9.78 Å². The second-order valence-electron chi connectivity index (χ2n) is 2.36. The third-order valence-electron chi connectivity index (χ3n) is 1.46. The first kappa shape index (κ1) is 6.90. The molecule has 0 amide bonds. The number of hydrogen-bond donors (Lipinski definition) is 0. The number of hydrogen-bond acceptors (Lipinski definition) is 5. The van der Waals surface area contributed by atoms with Crippen molar-refractivity contribution < 1.29 is 4.42 Å². The zero-order valence-electron chi connectivity index (χ0n) is 6.31. The summed E-state index contributed by atoms with van der Waals surface area (Å²) in [6, 6.07) is 0. The summed E-state index contributed by atoms with van der Waals surface area (Å²) in [7, 11) is 0. The fourth-order valence-corrected chi connectivity index (χ4v) is 0.902. The van der Waals surface area contributed by atoms with Gasteiger partial charge in [0.15, 0.2) is 5.58 Å². The molecule has 2 aromatic rings. The van der Waals surface area contributed by atoms with E-state index in [9.17, 15) is 4.79 Å². The Labute approximate surface area is 67.1 Å². The molecular weight excluding hydrogens is 158 g/mol. The molecule has 0 bridgehead atoms. The maximum Gasteiger partial charge on any atom is 0.355 e. The van der Waals surface area contributed by atoms with Gasteiger partial charge in [0.25, 0.3) is 0 Å². The molecule has 12 heavy (non-hydrogen) atoms. The molecule has 0 spiro atoms. The van der Waals surface area contributed by atoms with Crippen LogP contribution in [0, 0.1) is 6.92 Å². The van der Waals surface area contributed by atoms with Gasteiger partial charge in [0, 0.05) is 5.56 Å². The van der Waals surface area contributed by atoms with Gasteiger partial charge in [0.2, 0.25) is 5.65 Å². The zero-order chi connectivity index (χ0) is 8.55. The Morgan fingerprint density at radius 3 is 3.08 bits per heavy atom. The molecule has 0 aliphatic heterocycles. The molecule has 5 nitrogen and oxygen atoms in total. The molecule has 0 aromatic carbocycles. The van der Waals surface area contributed by atoms with Crippen LogP contribution in [0.15, 0.2) is 21.6 Å². The van der Waals surface area contributed by atoms with Crippen LogP contribution in [0.3, 0.4) is 0 Å². The number of aryl methyl sites for hydroxylation is 1. The third-order valence-corrected chi connectivity index (χ3v) is 1.46. The van der Waals surface area contributed by atoms with Gasteiger partial charge in [-0.15, -0.1) is 5.10 Å². The number of fused-ring (bicyclic) bond motifs is 1. The van der Waals surface area contributed by atoms with E-state index in [1.165, 1.54) is 6.20 Å². The Kier molecular flexibility index (Phi) is 1.36.